The number of aromatic carboxylic acids is 1. The molecular weight excluding hydrogens is 316 g/mol. The summed E-state index contributed by atoms with van der Waals surface area (Å²) in [6.45, 7) is 1.80. The fraction of sp³-hybridized carbons (Fsp3) is 0.300. The summed E-state index contributed by atoms with van der Waals surface area (Å²) in [4.78, 5) is 25.4. The summed E-state index contributed by atoms with van der Waals surface area (Å²) < 4.78 is 0. The maximum atomic E-state index is 12.6. The van der Waals surface area contributed by atoms with Gasteiger partial charge in [-0.05, 0) is 41.7 Å². The van der Waals surface area contributed by atoms with Crippen LogP contribution in [0.15, 0.2) is 48.5 Å². The first-order chi connectivity index (χ1) is 12.1. The van der Waals surface area contributed by atoms with Gasteiger partial charge in [0.2, 0.25) is 0 Å². The smallest absolute Gasteiger partial charge is 0.335 e. The Balaban J connectivity index is 1.41. The number of nitrogens with one attached hydrogen (secondary N) is 1. The number of rotatable bonds is 3. The van der Waals surface area contributed by atoms with Crippen molar-refractivity contribution < 1.29 is 14.7 Å². The quantitative estimate of drug-likeness (QED) is 0.905. The van der Waals surface area contributed by atoms with Gasteiger partial charge in [0.05, 0.1) is 5.56 Å². The van der Waals surface area contributed by atoms with Crippen LogP contribution in [-0.2, 0) is 18.5 Å². The molecule has 0 radical (unpaired) electrons. The molecule has 2 amide bonds. The second-order valence-electron chi connectivity index (χ2n) is 6.95. The van der Waals surface area contributed by atoms with Gasteiger partial charge in [-0.25, -0.2) is 9.59 Å². The van der Waals surface area contributed by atoms with Crippen molar-refractivity contribution in [3.8, 4) is 0 Å². The third-order valence-electron chi connectivity index (χ3n) is 5.23. The van der Waals surface area contributed by atoms with Crippen molar-refractivity contribution in [2.75, 3.05) is 6.54 Å². The molecule has 5 heteroatoms. The highest BCUT2D eigenvalue weighted by Crippen LogP contribution is 2.52. The lowest BCUT2D eigenvalue weighted by Crippen LogP contribution is -2.46. The molecule has 2 N–H and O–H groups in total. The number of hydrogen-bond acceptors (Lipinski definition) is 2. The molecule has 2 aromatic rings. The summed E-state index contributed by atoms with van der Waals surface area (Å²) in [6, 6.07) is 14.9. The number of carbonyl (C=O) groups is 2. The average molecular weight is 336 g/mol. The standard InChI is InChI=1S/C20H20N2O3/c23-18(24)15-7-5-14(6-8-15)11-21-19(25)22-12-16-3-1-2-4-17(16)20(13-22)9-10-20/h1-8H,9-13H2,(H,21,25)(H,23,24). The van der Waals surface area contributed by atoms with Crippen LogP contribution < -0.4 is 5.32 Å². The lowest BCUT2D eigenvalue weighted by Gasteiger charge is -2.35. The van der Waals surface area contributed by atoms with Crippen molar-refractivity contribution in [2.24, 2.45) is 0 Å². The first-order valence-corrected chi connectivity index (χ1v) is 8.51. The molecule has 2 aliphatic rings. The Kier molecular flexibility index (Phi) is 3.71. The van der Waals surface area contributed by atoms with E-state index >= 15 is 0 Å². The Hall–Kier alpha value is -2.82. The monoisotopic (exact) mass is 336 g/mol. The number of nitrogens with zero attached hydrogens (tertiary/aromatic N) is 1. The van der Waals surface area contributed by atoms with Gasteiger partial charge in [0.15, 0.2) is 0 Å². The first kappa shape index (κ1) is 15.7. The van der Waals surface area contributed by atoms with Crippen LogP contribution >= 0.6 is 0 Å². The lowest BCUT2D eigenvalue weighted by molar-refractivity contribution is 0.0697. The van der Waals surface area contributed by atoms with E-state index in [4.69, 9.17) is 5.11 Å². The molecule has 1 spiro atoms. The summed E-state index contributed by atoms with van der Waals surface area (Å²) in [5, 5.41) is 11.9. The van der Waals surface area contributed by atoms with E-state index in [0.29, 0.717) is 13.1 Å². The highest BCUT2D eigenvalue weighted by molar-refractivity contribution is 5.87. The van der Waals surface area contributed by atoms with E-state index in [1.807, 2.05) is 11.0 Å². The minimum Gasteiger partial charge on any atom is -0.478 e. The number of carboxylic acid groups (broad SMARTS) is 1. The molecule has 1 aliphatic heterocycles. The van der Waals surface area contributed by atoms with Crippen LogP contribution in [0.5, 0.6) is 0 Å². The van der Waals surface area contributed by atoms with Crippen molar-refractivity contribution >= 4 is 12.0 Å². The molecule has 2 aromatic carbocycles. The summed E-state index contributed by atoms with van der Waals surface area (Å²) in [5.74, 6) is -0.947. The maximum Gasteiger partial charge on any atom is 0.335 e. The molecule has 0 bridgehead atoms. The van der Waals surface area contributed by atoms with E-state index in [1.165, 1.54) is 11.1 Å². The summed E-state index contributed by atoms with van der Waals surface area (Å²) in [7, 11) is 0. The van der Waals surface area contributed by atoms with Crippen molar-refractivity contribution in [1.82, 2.24) is 10.2 Å². The van der Waals surface area contributed by atoms with Crippen LogP contribution in [0.3, 0.4) is 0 Å². The molecule has 25 heavy (non-hydrogen) atoms. The van der Waals surface area contributed by atoms with E-state index < -0.39 is 5.97 Å². The zero-order valence-corrected chi connectivity index (χ0v) is 13.9. The predicted octanol–water partition coefficient (Wildman–Crippen LogP) is 3.14. The van der Waals surface area contributed by atoms with Crippen molar-refractivity contribution in [3.05, 3.63) is 70.8 Å². The number of hydrogen-bond donors (Lipinski definition) is 2. The zero-order chi connectivity index (χ0) is 17.4. The molecular formula is C20H20N2O3. The van der Waals surface area contributed by atoms with Crippen LogP contribution in [-0.4, -0.2) is 28.6 Å². The Morgan fingerprint density at radius 3 is 2.48 bits per heavy atom. The summed E-state index contributed by atoms with van der Waals surface area (Å²) in [5.41, 5.74) is 3.95. The third kappa shape index (κ3) is 2.97. The molecule has 0 atom stereocenters. The number of benzene rings is 2. The number of urea groups is 1. The van der Waals surface area contributed by atoms with Crippen molar-refractivity contribution in [3.63, 3.8) is 0 Å². The van der Waals surface area contributed by atoms with Gasteiger partial charge in [-0.15, -0.1) is 0 Å². The van der Waals surface area contributed by atoms with E-state index in [1.54, 1.807) is 24.3 Å². The normalized spacial score (nSPS) is 17.0. The van der Waals surface area contributed by atoms with E-state index in [9.17, 15) is 9.59 Å². The van der Waals surface area contributed by atoms with E-state index in [0.717, 1.165) is 24.9 Å². The minimum atomic E-state index is -0.947. The highest BCUT2D eigenvalue weighted by atomic mass is 16.4. The fourth-order valence-electron chi connectivity index (χ4n) is 3.66. The predicted molar refractivity (Wildman–Crippen MR) is 93.4 cm³/mol. The molecule has 0 unspecified atom stereocenters. The molecule has 1 fully saturated rings. The maximum absolute atomic E-state index is 12.6. The van der Waals surface area contributed by atoms with Gasteiger partial charge in [0.1, 0.15) is 0 Å². The molecule has 4 rings (SSSR count). The van der Waals surface area contributed by atoms with Gasteiger partial charge in [-0.2, -0.15) is 0 Å². The van der Waals surface area contributed by atoms with E-state index in [-0.39, 0.29) is 17.0 Å². The Bertz CT molecular complexity index is 825. The van der Waals surface area contributed by atoms with Crippen molar-refractivity contribution in [2.45, 2.75) is 31.3 Å². The molecule has 1 heterocycles. The Labute approximate surface area is 146 Å². The Morgan fingerprint density at radius 1 is 1.08 bits per heavy atom. The van der Waals surface area contributed by atoms with Crippen LogP contribution in [0.4, 0.5) is 4.79 Å². The van der Waals surface area contributed by atoms with Crippen LogP contribution in [0.25, 0.3) is 0 Å². The van der Waals surface area contributed by atoms with E-state index in [2.05, 4.69) is 23.5 Å². The molecule has 128 valence electrons. The molecule has 0 saturated heterocycles. The second kappa shape index (κ2) is 5.92. The van der Waals surface area contributed by atoms with Gasteiger partial charge in [0.25, 0.3) is 0 Å². The van der Waals surface area contributed by atoms with Gasteiger partial charge < -0.3 is 15.3 Å². The second-order valence-corrected chi connectivity index (χ2v) is 6.95. The molecule has 5 nitrogen and oxygen atoms in total. The van der Waals surface area contributed by atoms with Crippen LogP contribution in [0, 0.1) is 0 Å². The van der Waals surface area contributed by atoms with Gasteiger partial charge in [0, 0.05) is 25.0 Å². The first-order valence-electron chi connectivity index (χ1n) is 8.51. The van der Waals surface area contributed by atoms with Crippen molar-refractivity contribution in [1.29, 1.82) is 0 Å². The fourth-order valence-corrected chi connectivity index (χ4v) is 3.66. The van der Waals surface area contributed by atoms with Crippen LogP contribution in [0.1, 0.15) is 39.9 Å². The summed E-state index contributed by atoms with van der Waals surface area (Å²) >= 11 is 0. The topological polar surface area (TPSA) is 69.6 Å². The highest BCUT2D eigenvalue weighted by Gasteiger charge is 2.49. The number of amides is 2. The third-order valence-corrected chi connectivity index (χ3v) is 5.23. The number of carboxylic acids is 1. The van der Waals surface area contributed by atoms with Gasteiger partial charge >= 0.3 is 12.0 Å². The number of carbonyl (C=O) groups excluding carboxylic acids is 1. The largest absolute Gasteiger partial charge is 0.478 e. The van der Waals surface area contributed by atoms with Crippen LogP contribution in [0.2, 0.25) is 0 Å². The molecule has 1 aliphatic carbocycles. The number of fused-ring (bicyclic) bond motifs is 2. The molecule has 1 saturated carbocycles. The van der Waals surface area contributed by atoms with Gasteiger partial charge in [-0.3, -0.25) is 0 Å². The SMILES string of the molecule is O=C(O)c1ccc(CNC(=O)N2Cc3ccccc3C3(CC3)C2)cc1. The molecule has 0 aromatic heterocycles. The van der Waals surface area contributed by atoms with Gasteiger partial charge in [-0.1, -0.05) is 36.4 Å². The minimum absolute atomic E-state index is 0.0666. The summed E-state index contributed by atoms with van der Waals surface area (Å²) in [6.07, 6.45) is 2.29. The zero-order valence-electron chi connectivity index (χ0n) is 13.9. The lowest BCUT2D eigenvalue weighted by atomic mass is 9.87. The average Bonchev–Trinajstić information content (AvgIpc) is 3.40. The Morgan fingerprint density at radius 2 is 1.80 bits per heavy atom.